The molecule has 0 atom stereocenters. The minimum Gasteiger partial charge on any atom is -0.507 e. The predicted molar refractivity (Wildman–Crippen MR) is 122 cm³/mol. The van der Waals surface area contributed by atoms with E-state index in [1.54, 1.807) is 11.4 Å². The number of carbonyl (C=O) groups excluding carboxylic acids is 2. The van der Waals surface area contributed by atoms with E-state index in [0.717, 1.165) is 35.6 Å². The summed E-state index contributed by atoms with van der Waals surface area (Å²) in [5, 5.41) is 24.8. The summed E-state index contributed by atoms with van der Waals surface area (Å²) in [6.07, 6.45) is 0. The van der Waals surface area contributed by atoms with Crippen molar-refractivity contribution < 1.29 is 37.5 Å². The number of aromatic hydroxyl groups is 1. The van der Waals surface area contributed by atoms with E-state index in [9.17, 15) is 33.2 Å². The zero-order valence-corrected chi connectivity index (χ0v) is 19.0. The molecule has 1 aromatic heterocycles. The van der Waals surface area contributed by atoms with Crippen LogP contribution in [0.5, 0.6) is 11.5 Å². The first kappa shape index (κ1) is 24.5. The summed E-state index contributed by atoms with van der Waals surface area (Å²) >= 11 is 1.00. The van der Waals surface area contributed by atoms with Crippen molar-refractivity contribution in [2.45, 2.75) is 4.21 Å². The third-order valence-electron chi connectivity index (χ3n) is 4.23. The van der Waals surface area contributed by atoms with Crippen LogP contribution < -0.4 is 14.8 Å². The fraction of sp³-hybridized carbons (Fsp3) is 0.100. The molecule has 14 heteroatoms. The number of rotatable bonds is 9. The molecular formula is C20H17N3O9S2. The Morgan fingerprint density at radius 3 is 2.59 bits per heavy atom. The standard InChI is InChI=1S/C20H17N3O9S2/c1-31-17-10-13(23(27)28)5-6-15(17)21-18(25)11-32-20(26)14-9-12(4-7-16(14)24)22-34(29,30)19-3-2-8-33-19/h2-10,22,24H,11H2,1H3,(H,21,25). The molecule has 1 amide bonds. The molecule has 1 heterocycles. The lowest BCUT2D eigenvalue weighted by atomic mass is 10.2. The van der Waals surface area contributed by atoms with Gasteiger partial charge in [0.1, 0.15) is 21.3 Å². The van der Waals surface area contributed by atoms with Gasteiger partial charge in [0, 0.05) is 11.8 Å². The predicted octanol–water partition coefficient (Wildman–Crippen LogP) is 2.97. The molecule has 0 saturated carbocycles. The van der Waals surface area contributed by atoms with Crippen molar-refractivity contribution in [2.75, 3.05) is 23.8 Å². The number of phenolic OH excluding ortho intramolecular Hbond substituents is 1. The van der Waals surface area contributed by atoms with E-state index in [1.807, 2.05) is 0 Å². The van der Waals surface area contributed by atoms with E-state index in [4.69, 9.17) is 9.47 Å². The zero-order chi connectivity index (χ0) is 24.9. The van der Waals surface area contributed by atoms with Crippen LogP contribution >= 0.6 is 11.3 Å². The molecule has 0 aliphatic carbocycles. The van der Waals surface area contributed by atoms with Crippen molar-refractivity contribution in [1.29, 1.82) is 0 Å². The Morgan fingerprint density at radius 1 is 1.18 bits per heavy atom. The van der Waals surface area contributed by atoms with Gasteiger partial charge in [-0.25, -0.2) is 13.2 Å². The number of phenols is 1. The molecule has 3 N–H and O–H groups in total. The molecule has 12 nitrogen and oxygen atoms in total. The van der Waals surface area contributed by atoms with E-state index in [0.29, 0.717) is 0 Å². The van der Waals surface area contributed by atoms with Crippen molar-refractivity contribution in [3.8, 4) is 11.5 Å². The van der Waals surface area contributed by atoms with Gasteiger partial charge in [-0.15, -0.1) is 11.3 Å². The van der Waals surface area contributed by atoms with Crippen LogP contribution in [-0.4, -0.2) is 44.0 Å². The molecule has 2 aromatic carbocycles. The quantitative estimate of drug-likeness (QED) is 0.170. The Hall–Kier alpha value is -4.17. The van der Waals surface area contributed by atoms with Gasteiger partial charge in [0.15, 0.2) is 6.61 Å². The van der Waals surface area contributed by atoms with Gasteiger partial charge in [0.05, 0.1) is 23.8 Å². The molecule has 0 aliphatic rings. The third-order valence-corrected chi connectivity index (χ3v) is 7.01. The second kappa shape index (κ2) is 10.2. The number of nitro groups is 1. The highest BCUT2D eigenvalue weighted by molar-refractivity contribution is 7.94. The van der Waals surface area contributed by atoms with Crippen molar-refractivity contribution in [2.24, 2.45) is 0 Å². The van der Waals surface area contributed by atoms with Crippen LogP contribution in [0.3, 0.4) is 0 Å². The van der Waals surface area contributed by atoms with E-state index in [-0.39, 0.29) is 32.6 Å². The molecule has 3 rings (SSSR count). The third kappa shape index (κ3) is 5.79. The maximum absolute atomic E-state index is 12.4. The number of hydrogen-bond acceptors (Lipinski definition) is 10. The van der Waals surface area contributed by atoms with E-state index in [1.165, 1.54) is 25.3 Å². The van der Waals surface area contributed by atoms with Gasteiger partial charge < -0.3 is 19.9 Å². The van der Waals surface area contributed by atoms with Gasteiger partial charge >= 0.3 is 5.97 Å². The maximum atomic E-state index is 12.4. The van der Waals surface area contributed by atoms with Gasteiger partial charge in [0.2, 0.25) is 0 Å². The Bertz CT molecular complexity index is 1340. The number of nitrogens with zero attached hydrogens (tertiary/aromatic N) is 1. The van der Waals surface area contributed by atoms with Crippen LogP contribution in [0.2, 0.25) is 0 Å². The lowest BCUT2D eigenvalue weighted by Gasteiger charge is -2.11. The normalized spacial score (nSPS) is 10.9. The lowest BCUT2D eigenvalue weighted by molar-refractivity contribution is -0.384. The molecule has 34 heavy (non-hydrogen) atoms. The summed E-state index contributed by atoms with van der Waals surface area (Å²) in [5.74, 6) is -2.33. The van der Waals surface area contributed by atoms with Gasteiger partial charge in [0.25, 0.3) is 21.6 Å². The van der Waals surface area contributed by atoms with Gasteiger partial charge in [-0.1, -0.05) is 6.07 Å². The number of non-ortho nitro benzene ring substituents is 1. The molecule has 0 radical (unpaired) electrons. The fourth-order valence-corrected chi connectivity index (χ4v) is 4.72. The Kier molecular flexibility index (Phi) is 7.33. The summed E-state index contributed by atoms with van der Waals surface area (Å²) in [6.45, 7) is -0.760. The molecule has 0 fully saturated rings. The molecule has 0 saturated heterocycles. The highest BCUT2D eigenvalue weighted by Gasteiger charge is 2.20. The van der Waals surface area contributed by atoms with E-state index in [2.05, 4.69) is 10.0 Å². The first-order chi connectivity index (χ1) is 16.1. The monoisotopic (exact) mass is 507 g/mol. The van der Waals surface area contributed by atoms with Crippen molar-refractivity contribution >= 4 is 50.3 Å². The first-order valence-electron chi connectivity index (χ1n) is 9.29. The maximum Gasteiger partial charge on any atom is 0.342 e. The summed E-state index contributed by atoms with van der Waals surface area (Å²) in [6, 6.07) is 9.92. The second-order valence-corrected chi connectivity index (χ2v) is 9.39. The number of carbonyl (C=O) groups is 2. The Labute approximate surface area is 197 Å². The summed E-state index contributed by atoms with van der Waals surface area (Å²) in [5.41, 5.74) is -0.501. The van der Waals surface area contributed by atoms with Gasteiger partial charge in [-0.05, 0) is 35.7 Å². The summed E-state index contributed by atoms with van der Waals surface area (Å²) in [7, 11) is -2.62. The van der Waals surface area contributed by atoms with Gasteiger partial charge in [-0.2, -0.15) is 0 Å². The molecule has 0 bridgehead atoms. The van der Waals surface area contributed by atoms with Crippen LogP contribution in [0.15, 0.2) is 58.1 Å². The van der Waals surface area contributed by atoms with Gasteiger partial charge in [-0.3, -0.25) is 19.6 Å². The van der Waals surface area contributed by atoms with E-state index < -0.39 is 39.2 Å². The number of nitro benzene ring substituents is 1. The van der Waals surface area contributed by atoms with Crippen molar-refractivity contribution in [3.63, 3.8) is 0 Å². The van der Waals surface area contributed by atoms with Crippen LogP contribution in [0, 0.1) is 10.1 Å². The Morgan fingerprint density at radius 2 is 1.94 bits per heavy atom. The average Bonchev–Trinajstić information content (AvgIpc) is 3.35. The minimum absolute atomic E-state index is 0.00165. The number of anilines is 2. The molecular weight excluding hydrogens is 490 g/mol. The van der Waals surface area contributed by atoms with Crippen LogP contribution in [0.4, 0.5) is 17.1 Å². The topological polar surface area (TPSA) is 174 Å². The van der Waals surface area contributed by atoms with Crippen LogP contribution in [0.1, 0.15) is 10.4 Å². The Balaban J connectivity index is 1.66. The molecule has 3 aromatic rings. The second-order valence-electron chi connectivity index (χ2n) is 6.54. The number of thiophene rings is 1. The zero-order valence-electron chi connectivity index (χ0n) is 17.4. The van der Waals surface area contributed by atoms with E-state index >= 15 is 0 Å². The van der Waals surface area contributed by atoms with Crippen LogP contribution in [-0.2, 0) is 19.6 Å². The number of sulfonamides is 1. The van der Waals surface area contributed by atoms with Crippen molar-refractivity contribution in [3.05, 3.63) is 69.6 Å². The fourth-order valence-electron chi connectivity index (χ4n) is 2.68. The van der Waals surface area contributed by atoms with Crippen LogP contribution in [0.25, 0.3) is 0 Å². The number of methoxy groups -OCH3 is 1. The lowest BCUT2D eigenvalue weighted by Crippen LogP contribution is -2.21. The SMILES string of the molecule is COc1cc([N+](=O)[O-])ccc1NC(=O)COC(=O)c1cc(NS(=O)(=O)c2cccs2)ccc1O. The highest BCUT2D eigenvalue weighted by atomic mass is 32.2. The summed E-state index contributed by atoms with van der Waals surface area (Å²) < 4.78 is 37.0. The molecule has 0 unspecified atom stereocenters. The number of ether oxygens (including phenoxy) is 2. The smallest absolute Gasteiger partial charge is 0.342 e. The molecule has 0 spiro atoms. The largest absolute Gasteiger partial charge is 0.507 e. The number of hydrogen-bond donors (Lipinski definition) is 3. The molecule has 0 aliphatic heterocycles. The number of esters is 1. The molecule has 178 valence electrons. The number of amides is 1. The average molecular weight is 508 g/mol. The highest BCUT2D eigenvalue weighted by Crippen LogP contribution is 2.29. The first-order valence-corrected chi connectivity index (χ1v) is 11.7. The van der Waals surface area contributed by atoms with Crippen molar-refractivity contribution in [1.82, 2.24) is 0 Å². The summed E-state index contributed by atoms with van der Waals surface area (Å²) in [4.78, 5) is 34.8. The minimum atomic E-state index is -3.88. The number of benzene rings is 2. The number of nitrogens with one attached hydrogen (secondary N) is 2.